The minimum absolute atomic E-state index is 0.0798. The summed E-state index contributed by atoms with van der Waals surface area (Å²) in [6.45, 7) is 1.80. The first-order chi connectivity index (χ1) is 13.5. The lowest BCUT2D eigenvalue weighted by Gasteiger charge is -2.20. The smallest absolute Gasteiger partial charge is 0.408 e. The summed E-state index contributed by atoms with van der Waals surface area (Å²) < 4.78 is 5.11. The number of alkyl carbamates (subject to hydrolysis) is 1. The maximum atomic E-state index is 12.4. The number of carbonyl (C=O) groups is 3. The van der Waals surface area contributed by atoms with Crippen molar-refractivity contribution in [2.24, 2.45) is 0 Å². The van der Waals surface area contributed by atoms with Gasteiger partial charge in [0.25, 0.3) is 0 Å². The van der Waals surface area contributed by atoms with Gasteiger partial charge in [-0.1, -0.05) is 67.6 Å². The van der Waals surface area contributed by atoms with Gasteiger partial charge in [-0.3, -0.25) is 4.79 Å². The van der Waals surface area contributed by atoms with Gasteiger partial charge in [0.15, 0.2) is 0 Å². The monoisotopic (exact) mass is 384 g/mol. The Morgan fingerprint density at radius 2 is 1.46 bits per heavy atom. The van der Waals surface area contributed by atoms with Gasteiger partial charge in [0.05, 0.1) is 0 Å². The molecule has 0 aliphatic heterocycles. The predicted molar refractivity (Wildman–Crippen MR) is 104 cm³/mol. The molecule has 2 amide bonds. The number of nitrogens with one attached hydrogen (secondary N) is 2. The van der Waals surface area contributed by atoms with Crippen molar-refractivity contribution in [2.75, 3.05) is 0 Å². The summed E-state index contributed by atoms with van der Waals surface area (Å²) in [6.07, 6.45) is -0.290. The van der Waals surface area contributed by atoms with E-state index in [1.54, 1.807) is 31.2 Å². The maximum Gasteiger partial charge on any atom is 0.408 e. The van der Waals surface area contributed by atoms with Crippen LogP contribution in [-0.4, -0.2) is 35.2 Å². The van der Waals surface area contributed by atoms with E-state index in [9.17, 15) is 19.5 Å². The zero-order valence-electron chi connectivity index (χ0n) is 15.6. The molecule has 0 spiro atoms. The lowest BCUT2D eigenvalue weighted by molar-refractivity contribution is -0.142. The van der Waals surface area contributed by atoms with Crippen molar-refractivity contribution < 1.29 is 24.2 Å². The lowest BCUT2D eigenvalue weighted by atomic mass is 10.1. The number of aliphatic carboxylic acids is 1. The van der Waals surface area contributed by atoms with Gasteiger partial charge in [-0.15, -0.1) is 0 Å². The Hall–Kier alpha value is -3.35. The van der Waals surface area contributed by atoms with E-state index in [-0.39, 0.29) is 13.0 Å². The van der Waals surface area contributed by atoms with Crippen molar-refractivity contribution in [3.05, 3.63) is 71.8 Å². The molecule has 0 radical (unpaired) electrons. The van der Waals surface area contributed by atoms with Gasteiger partial charge in [-0.2, -0.15) is 0 Å². The predicted octanol–water partition coefficient (Wildman–Crippen LogP) is 2.50. The Morgan fingerprint density at radius 3 is 2.00 bits per heavy atom. The van der Waals surface area contributed by atoms with Crippen molar-refractivity contribution in [1.82, 2.24) is 10.6 Å². The molecule has 0 bridgehead atoms. The average Bonchev–Trinajstić information content (AvgIpc) is 2.71. The molecule has 0 fully saturated rings. The second-order valence-corrected chi connectivity index (χ2v) is 6.26. The van der Waals surface area contributed by atoms with E-state index >= 15 is 0 Å². The first-order valence-corrected chi connectivity index (χ1v) is 9.04. The molecule has 7 nitrogen and oxygen atoms in total. The summed E-state index contributed by atoms with van der Waals surface area (Å²) in [6, 6.07) is 16.2. The van der Waals surface area contributed by atoms with E-state index in [1.165, 1.54) is 0 Å². The zero-order valence-corrected chi connectivity index (χ0v) is 15.6. The van der Waals surface area contributed by atoms with Crippen LogP contribution in [0.25, 0.3) is 0 Å². The van der Waals surface area contributed by atoms with Gasteiger partial charge in [0, 0.05) is 6.42 Å². The summed E-state index contributed by atoms with van der Waals surface area (Å²) in [5.74, 6) is -1.71. The number of ether oxygens (including phenoxy) is 1. The van der Waals surface area contributed by atoms with E-state index in [2.05, 4.69) is 10.6 Å². The van der Waals surface area contributed by atoms with Crippen LogP contribution in [0, 0.1) is 0 Å². The molecule has 0 saturated heterocycles. The fourth-order valence-electron chi connectivity index (χ4n) is 2.58. The number of benzene rings is 2. The van der Waals surface area contributed by atoms with Gasteiger partial charge in [-0.05, 0) is 17.5 Å². The van der Waals surface area contributed by atoms with E-state index in [0.717, 1.165) is 11.1 Å². The third-order valence-corrected chi connectivity index (χ3v) is 4.13. The summed E-state index contributed by atoms with van der Waals surface area (Å²) in [4.78, 5) is 35.9. The minimum Gasteiger partial charge on any atom is -0.480 e. The molecule has 0 aliphatic rings. The van der Waals surface area contributed by atoms with Crippen LogP contribution in [0.4, 0.5) is 4.79 Å². The molecule has 2 aromatic carbocycles. The van der Waals surface area contributed by atoms with Gasteiger partial charge >= 0.3 is 12.1 Å². The number of carbonyl (C=O) groups excluding carboxylic acids is 2. The minimum atomic E-state index is -1.14. The van der Waals surface area contributed by atoms with Crippen LogP contribution in [0.3, 0.4) is 0 Å². The van der Waals surface area contributed by atoms with Crippen LogP contribution >= 0.6 is 0 Å². The highest BCUT2D eigenvalue weighted by atomic mass is 16.5. The van der Waals surface area contributed by atoms with Gasteiger partial charge in [0.2, 0.25) is 5.91 Å². The first kappa shape index (κ1) is 21.0. The first-order valence-electron chi connectivity index (χ1n) is 9.04. The molecule has 7 heteroatoms. The largest absolute Gasteiger partial charge is 0.480 e. The fourth-order valence-corrected chi connectivity index (χ4v) is 2.58. The van der Waals surface area contributed by atoms with Crippen LogP contribution in [0.15, 0.2) is 60.7 Å². The highest BCUT2D eigenvalue weighted by molar-refractivity contribution is 5.89. The van der Waals surface area contributed by atoms with E-state index in [1.807, 2.05) is 36.4 Å². The van der Waals surface area contributed by atoms with Crippen molar-refractivity contribution in [2.45, 2.75) is 38.5 Å². The summed E-state index contributed by atoms with van der Waals surface area (Å²) >= 11 is 0. The Morgan fingerprint density at radius 1 is 0.893 bits per heavy atom. The van der Waals surface area contributed by atoms with Crippen molar-refractivity contribution in [3.8, 4) is 0 Å². The highest BCUT2D eigenvalue weighted by Crippen LogP contribution is 2.05. The van der Waals surface area contributed by atoms with Crippen molar-refractivity contribution in [3.63, 3.8) is 0 Å². The molecule has 1 unspecified atom stereocenters. The number of carboxylic acid groups (broad SMARTS) is 1. The van der Waals surface area contributed by atoms with E-state index < -0.39 is 30.1 Å². The molecule has 28 heavy (non-hydrogen) atoms. The number of rotatable bonds is 9. The molecule has 2 aromatic rings. The summed E-state index contributed by atoms with van der Waals surface area (Å²) in [7, 11) is 0. The quantitative estimate of drug-likeness (QED) is 0.616. The zero-order chi connectivity index (χ0) is 20.4. The fraction of sp³-hybridized carbons (Fsp3) is 0.286. The third-order valence-electron chi connectivity index (χ3n) is 4.13. The molecule has 148 valence electrons. The normalized spacial score (nSPS) is 12.5. The van der Waals surface area contributed by atoms with Crippen LogP contribution in [0.1, 0.15) is 24.5 Å². The Balaban J connectivity index is 1.89. The lowest BCUT2D eigenvalue weighted by Crippen LogP contribution is -2.52. The molecule has 0 heterocycles. The molecule has 0 saturated carbocycles. The van der Waals surface area contributed by atoms with Gasteiger partial charge in [0.1, 0.15) is 18.7 Å². The third kappa shape index (κ3) is 6.75. The van der Waals surface area contributed by atoms with Gasteiger partial charge in [-0.25, -0.2) is 9.59 Å². The molecular formula is C21H24N2O5. The molecule has 0 aliphatic carbocycles. The van der Waals surface area contributed by atoms with Crippen LogP contribution in [0.2, 0.25) is 0 Å². The standard InChI is InChI=1S/C21H24N2O5/c1-2-17(23-21(27)28-14-16-11-7-4-8-12-16)19(24)22-18(20(25)26)13-15-9-5-3-6-10-15/h3-12,17-18H,2,13-14H2,1H3,(H,22,24)(H,23,27)(H,25,26)/t17-,18?/m0/s1. The molecular weight excluding hydrogens is 360 g/mol. The number of hydrogen-bond donors (Lipinski definition) is 3. The average molecular weight is 384 g/mol. The van der Waals surface area contributed by atoms with E-state index in [4.69, 9.17) is 4.74 Å². The highest BCUT2D eigenvalue weighted by Gasteiger charge is 2.26. The Bertz CT molecular complexity index is 780. The number of carboxylic acids is 1. The second-order valence-electron chi connectivity index (χ2n) is 6.26. The molecule has 0 aromatic heterocycles. The number of hydrogen-bond acceptors (Lipinski definition) is 4. The molecule has 2 rings (SSSR count). The van der Waals surface area contributed by atoms with Crippen LogP contribution < -0.4 is 10.6 Å². The van der Waals surface area contributed by atoms with Crippen molar-refractivity contribution >= 4 is 18.0 Å². The second kappa shape index (κ2) is 10.7. The Kier molecular flexibility index (Phi) is 8.02. The summed E-state index contributed by atoms with van der Waals surface area (Å²) in [5, 5.41) is 14.4. The van der Waals surface area contributed by atoms with Gasteiger partial charge < -0.3 is 20.5 Å². The maximum absolute atomic E-state index is 12.4. The van der Waals surface area contributed by atoms with Crippen LogP contribution in [-0.2, 0) is 27.4 Å². The topological polar surface area (TPSA) is 105 Å². The SMILES string of the molecule is CC[C@H](NC(=O)OCc1ccccc1)C(=O)NC(Cc1ccccc1)C(=O)O. The Labute approximate surface area is 163 Å². The van der Waals surface area contributed by atoms with E-state index in [0.29, 0.717) is 6.42 Å². The van der Waals surface area contributed by atoms with Crippen LogP contribution in [0.5, 0.6) is 0 Å². The molecule has 3 N–H and O–H groups in total. The van der Waals surface area contributed by atoms with Crippen molar-refractivity contribution in [1.29, 1.82) is 0 Å². The number of amides is 2. The molecule has 2 atom stereocenters. The summed E-state index contributed by atoms with van der Waals surface area (Å²) in [5.41, 5.74) is 1.61.